The first kappa shape index (κ1) is 36.1. The van der Waals surface area contributed by atoms with Gasteiger partial charge in [0.25, 0.3) is 5.56 Å². The number of halogens is 1. The predicted octanol–water partition coefficient (Wildman–Crippen LogP) is 3.05. The van der Waals surface area contributed by atoms with Gasteiger partial charge in [0.1, 0.15) is 25.8 Å². The van der Waals surface area contributed by atoms with Gasteiger partial charge in [-0.3, -0.25) is 19.2 Å². The first-order valence-corrected chi connectivity index (χ1v) is 17.3. The fraction of sp³-hybridized carbons (Fsp3) is 0.514. The van der Waals surface area contributed by atoms with E-state index in [9.17, 15) is 29.1 Å². The number of cyclic esters (lactones) is 1. The Morgan fingerprint density at radius 2 is 1.90 bits per heavy atom. The Hall–Kier alpha value is -4.69. The summed E-state index contributed by atoms with van der Waals surface area (Å²) in [4.78, 5) is 69.2. The van der Waals surface area contributed by atoms with Crippen molar-refractivity contribution < 1.29 is 38.1 Å². The Morgan fingerprint density at radius 3 is 2.61 bits per heavy atom. The number of fused-ring (bicyclic) bond motifs is 5. The second-order valence-corrected chi connectivity index (χ2v) is 14.8. The van der Waals surface area contributed by atoms with Gasteiger partial charge in [-0.15, -0.1) is 0 Å². The maximum atomic E-state index is 15.2. The molecule has 14 heteroatoms. The molecule has 0 unspecified atom stereocenters. The van der Waals surface area contributed by atoms with Gasteiger partial charge in [-0.2, -0.15) is 0 Å². The molecule has 3 aliphatic rings. The molecule has 13 nitrogen and oxygen atoms in total. The molecule has 51 heavy (non-hydrogen) atoms. The van der Waals surface area contributed by atoms with Crippen LogP contribution in [0.3, 0.4) is 0 Å². The lowest BCUT2D eigenvalue weighted by atomic mass is 9.81. The molecule has 2 aromatic heterocycles. The van der Waals surface area contributed by atoms with Crippen LogP contribution in [0.5, 0.6) is 0 Å². The third-order valence-corrected chi connectivity index (χ3v) is 9.99. The molecule has 2 atom stereocenters. The minimum absolute atomic E-state index is 0.00662. The van der Waals surface area contributed by atoms with Gasteiger partial charge in [-0.1, -0.05) is 20.8 Å². The molecule has 6 rings (SSSR count). The van der Waals surface area contributed by atoms with Crippen molar-refractivity contribution in [2.75, 3.05) is 13.3 Å². The summed E-state index contributed by atoms with van der Waals surface area (Å²) in [5.74, 6) is -1.99. The maximum absolute atomic E-state index is 15.2. The number of rotatable bonds is 11. The summed E-state index contributed by atoms with van der Waals surface area (Å²) in [7, 11) is 0. The fourth-order valence-electron chi connectivity index (χ4n) is 7.52. The third kappa shape index (κ3) is 6.62. The summed E-state index contributed by atoms with van der Waals surface area (Å²) >= 11 is 0. The van der Waals surface area contributed by atoms with Gasteiger partial charge >= 0.3 is 5.97 Å². The number of carbonyl (C=O) groups is 4. The first-order chi connectivity index (χ1) is 24.0. The third-order valence-electron chi connectivity index (χ3n) is 9.99. The summed E-state index contributed by atoms with van der Waals surface area (Å²) in [5.41, 5.74) is 1.00. The minimum Gasteiger partial charge on any atom is -0.458 e. The van der Waals surface area contributed by atoms with Crippen LogP contribution >= 0.6 is 0 Å². The molecule has 3 amide bonds. The Morgan fingerprint density at radius 1 is 1.16 bits per heavy atom. The second-order valence-electron chi connectivity index (χ2n) is 14.8. The molecular formula is C37H44FN5O8. The van der Waals surface area contributed by atoms with Crippen molar-refractivity contribution >= 4 is 34.6 Å². The number of benzene rings is 1. The molecule has 3 aromatic rings. The Labute approximate surface area is 294 Å². The Kier molecular flexibility index (Phi) is 9.53. The van der Waals surface area contributed by atoms with Crippen molar-refractivity contribution in [3.8, 4) is 11.4 Å². The molecule has 0 spiro atoms. The number of aryl methyl sites for hydroxylation is 1. The molecule has 4 N–H and O–H groups in total. The van der Waals surface area contributed by atoms with E-state index in [0.29, 0.717) is 47.3 Å². The largest absolute Gasteiger partial charge is 0.458 e. The quantitative estimate of drug-likeness (QED) is 0.104. The number of hydrogen-bond acceptors (Lipinski definition) is 9. The number of amides is 3. The number of ether oxygens (including phenoxy) is 2. The van der Waals surface area contributed by atoms with Crippen molar-refractivity contribution in [1.82, 2.24) is 25.5 Å². The summed E-state index contributed by atoms with van der Waals surface area (Å²) in [6.07, 6.45) is 1.29. The molecule has 0 bridgehead atoms. The molecule has 272 valence electrons. The lowest BCUT2D eigenvalue weighted by molar-refractivity contribution is -0.172. The monoisotopic (exact) mass is 705 g/mol. The highest BCUT2D eigenvalue weighted by atomic mass is 19.1. The zero-order chi connectivity index (χ0) is 37.0. The Bertz CT molecular complexity index is 2040. The topological polar surface area (TPSA) is 178 Å². The summed E-state index contributed by atoms with van der Waals surface area (Å²) < 4.78 is 27.4. The maximum Gasteiger partial charge on any atom is 0.343 e. The molecule has 0 radical (unpaired) electrons. The number of nitrogens with one attached hydrogen (secondary N) is 3. The van der Waals surface area contributed by atoms with E-state index in [1.165, 1.54) is 10.6 Å². The first-order valence-electron chi connectivity index (χ1n) is 17.3. The molecule has 1 aliphatic carbocycles. The number of nitrogens with zero attached hydrogens (tertiary/aromatic N) is 2. The highest BCUT2D eigenvalue weighted by molar-refractivity contribution is 5.94. The van der Waals surface area contributed by atoms with Crippen LogP contribution < -0.4 is 21.5 Å². The van der Waals surface area contributed by atoms with Gasteiger partial charge in [-0.25, -0.2) is 14.2 Å². The van der Waals surface area contributed by atoms with E-state index in [-0.39, 0.29) is 68.2 Å². The summed E-state index contributed by atoms with van der Waals surface area (Å²) in [6.45, 7) is 10.00. The summed E-state index contributed by atoms with van der Waals surface area (Å²) in [6, 6.07) is 2.42. The average Bonchev–Trinajstić information content (AvgIpc) is 3.42. The van der Waals surface area contributed by atoms with E-state index in [0.717, 1.165) is 16.5 Å². The summed E-state index contributed by atoms with van der Waals surface area (Å²) in [5, 5.41) is 20.5. The van der Waals surface area contributed by atoms with Gasteiger partial charge in [0.2, 0.25) is 17.7 Å². The van der Waals surface area contributed by atoms with Gasteiger partial charge in [0.15, 0.2) is 5.60 Å². The average molecular weight is 706 g/mol. The van der Waals surface area contributed by atoms with Crippen molar-refractivity contribution in [1.29, 1.82) is 0 Å². The van der Waals surface area contributed by atoms with Crippen LogP contribution in [0, 0.1) is 18.7 Å². The smallest absolute Gasteiger partial charge is 0.343 e. The van der Waals surface area contributed by atoms with Crippen LogP contribution in [0.25, 0.3) is 22.3 Å². The second kappa shape index (κ2) is 13.5. The zero-order valence-electron chi connectivity index (χ0n) is 29.8. The highest BCUT2D eigenvalue weighted by Gasteiger charge is 2.46. The van der Waals surface area contributed by atoms with Crippen LogP contribution in [-0.4, -0.2) is 57.2 Å². The van der Waals surface area contributed by atoms with Crippen molar-refractivity contribution in [2.24, 2.45) is 5.92 Å². The minimum atomic E-state index is -2.00. The van der Waals surface area contributed by atoms with Gasteiger partial charge < -0.3 is 35.1 Å². The van der Waals surface area contributed by atoms with Crippen molar-refractivity contribution in [3.05, 3.63) is 61.7 Å². The molecule has 0 saturated heterocycles. The molecular weight excluding hydrogens is 661 g/mol. The van der Waals surface area contributed by atoms with E-state index in [4.69, 9.17) is 14.5 Å². The van der Waals surface area contributed by atoms with Crippen LogP contribution in [0.15, 0.2) is 16.9 Å². The van der Waals surface area contributed by atoms with E-state index in [1.807, 2.05) is 13.8 Å². The Balaban J connectivity index is 1.22. The number of esters is 1. The predicted molar refractivity (Wildman–Crippen MR) is 184 cm³/mol. The van der Waals surface area contributed by atoms with Gasteiger partial charge in [-0.05, 0) is 68.7 Å². The van der Waals surface area contributed by atoms with Crippen molar-refractivity contribution in [3.63, 3.8) is 0 Å². The number of pyridine rings is 2. The molecule has 4 heterocycles. The number of carbonyl (C=O) groups excluding carboxylic acids is 4. The van der Waals surface area contributed by atoms with E-state index in [2.05, 4.69) is 16.0 Å². The van der Waals surface area contributed by atoms with Crippen LogP contribution in [0.1, 0.15) is 99.7 Å². The van der Waals surface area contributed by atoms with Crippen LogP contribution in [0.2, 0.25) is 0 Å². The normalized spacial score (nSPS) is 18.9. The van der Waals surface area contributed by atoms with Crippen molar-refractivity contribution in [2.45, 2.75) is 104 Å². The lowest BCUT2D eigenvalue weighted by Gasteiger charge is -2.31. The number of hydrogen-bond donors (Lipinski definition) is 4. The zero-order valence-corrected chi connectivity index (χ0v) is 29.8. The molecule has 0 fully saturated rings. The van der Waals surface area contributed by atoms with Crippen LogP contribution in [0.4, 0.5) is 4.39 Å². The van der Waals surface area contributed by atoms with Gasteiger partial charge in [0, 0.05) is 41.0 Å². The number of aliphatic hydroxyl groups is 1. The van der Waals surface area contributed by atoms with Crippen LogP contribution in [-0.2, 0) is 53.8 Å². The molecule has 0 saturated carbocycles. The highest BCUT2D eigenvalue weighted by Crippen LogP contribution is 2.46. The molecule has 2 aliphatic heterocycles. The van der Waals surface area contributed by atoms with Gasteiger partial charge in [0.05, 0.1) is 35.1 Å². The standard InChI is InChI=1S/C37H44FN5O8/c1-7-37(49)23-11-27-33-21(14-43(27)34(47)22(23)15-51-35(37)48)32-25(9-8-20-19(4)24(38)12-26(41-33)31(20)32)40-30(46)16-50-17-39-29(45)13-36(5,6)42-28(44)10-18(2)3/h11-12,18,25,49H,7-10,13-17H2,1-6H3,(H,39,45)(H,40,46)(H,42,44)/t25-,37-/m0/s1. The SMILES string of the molecule is CC[C@@]1(O)C(=O)OCc2c1cc1n(c2=O)Cc2c-1nc1cc(F)c(C)c3c1c2[C@@H](NC(=O)COCNC(=O)CC(C)(C)NC(=O)CC(C)C)CC3. The fourth-order valence-corrected chi connectivity index (χ4v) is 7.52. The molecule has 1 aromatic carbocycles. The lowest BCUT2D eigenvalue weighted by Crippen LogP contribution is -2.47. The number of aromatic nitrogens is 2. The van der Waals surface area contributed by atoms with E-state index >= 15 is 4.39 Å². The van der Waals surface area contributed by atoms with E-state index < -0.39 is 40.4 Å². The van der Waals surface area contributed by atoms with E-state index in [1.54, 1.807) is 33.8 Å².